The van der Waals surface area contributed by atoms with Crippen LogP contribution in [0.5, 0.6) is 5.88 Å². The van der Waals surface area contributed by atoms with Gasteiger partial charge in [-0.25, -0.2) is 9.97 Å². The van der Waals surface area contributed by atoms with Gasteiger partial charge in [0.05, 0.1) is 7.11 Å². The van der Waals surface area contributed by atoms with Crippen LogP contribution in [0.15, 0.2) is 29.3 Å². The largest absolute Gasteiger partial charge is 0.481 e. The van der Waals surface area contributed by atoms with Crippen molar-refractivity contribution in [3.8, 4) is 5.88 Å². The Labute approximate surface area is 156 Å². The molecular formula is C18H21N5O4. The van der Waals surface area contributed by atoms with E-state index in [-0.39, 0.29) is 17.4 Å². The van der Waals surface area contributed by atoms with Crippen molar-refractivity contribution in [2.75, 3.05) is 33.3 Å². The van der Waals surface area contributed by atoms with Gasteiger partial charge in [0, 0.05) is 50.2 Å². The average molecular weight is 371 g/mol. The van der Waals surface area contributed by atoms with Crippen molar-refractivity contribution in [1.82, 2.24) is 24.8 Å². The second-order valence-corrected chi connectivity index (χ2v) is 6.24. The summed E-state index contributed by atoms with van der Waals surface area (Å²) in [7, 11) is 1.49. The number of nitrogens with one attached hydrogen (secondary N) is 1. The third-order valence-electron chi connectivity index (χ3n) is 4.42. The minimum atomic E-state index is -0.450. The number of amides is 2. The van der Waals surface area contributed by atoms with Crippen molar-refractivity contribution < 1.29 is 14.3 Å². The van der Waals surface area contributed by atoms with Crippen LogP contribution in [0.2, 0.25) is 0 Å². The summed E-state index contributed by atoms with van der Waals surface area (Å²) in [5.41, 5.74) is 0.0496. The van der Waals surface area contributed by atoms with E-state index in [1.54, 1.807) is 28.9 Å². The molecule has 0 aromatic carbocycles. The third kappa shape index (κ3) is 4.13. The molecule has 1 N–H and O–H groups in total. The van der Waals surface area contributed by atoms with Crippen LogP contribution in [0.4, 0.5) is 0 Å². The highest BCUT2D eigenvalue weighted by Gasteiger charge is 2.25. The zero-order valence-electron chi connectivity index (χ0n) is 15.3. The van der Waals surface area contributed by atoms with Crippen molar-refractivity contribution in [3.63, 3.8) is 0 Å². The fourth-order valence-corrected chi connectivity index (χ4v) is 2.97. The summed E-state index contributed by atoms with van der Waals surface area (Å²) in [4.78, 5) is 51.2. The summed E-state index contributed by atoms with van der Waals surface area (Å²) in [5.74, 6) is 0.319. The quantitative estimate of drug-likeness (QED) is 0.840. The highest BCUT2D eigenvalue weighted by atomic mass is 16.5. The Hall–Kier alpha value is -3.23. The number of aryl methyl sites for hydroxylation is 1. The Morgan fingerprint density at radius 1 is 1.11 bits per heavy atom. The van der Waals surface area contributed by atoms with Gasteiger partial charge < -0.3 is 19.5 Å². The van der Waals surface area contributed by atoms with Crippen LogP contribution in [-0.2, 0) is 0 Å². The number of carbonyl (C=O) groups is 2. The summed E-state index contributed by atoms with van der Waals surface area (Å²) < 4.78 is 5.06. The SMILES string of the molecule is COc1cc(C(=O)N2CCCN(C(=O)c3cnc(C)[nH]c3=O)CC2)ccn1. The monoisotopic (exact) mass is 371 g/mol. The molecule has 1 aliphatic heterocycles. The van der Waals surface area contributed by atoms with Gasteiger partial charge in [-0.3, -0.25) is 14.4 Å². The highest BCUT2D eigenvalue weighted by molar-refractivity contribution is 5.95. The fraction of sp³-hybridized carbons (Fsp3) is 0.389. The van der Waals surface area contributed by atoms with Crippen LogP contribution in [0.3, 0.4) is 0 Å². The summed E-state index contributed by atoms with van der Waals surface area (Å²) in [5, 5.41) is 0. The maximum atomic E-state index is 12.7. The number of H-pyrrole nitrogens is 1. The topological polar surface area (TPSA) is 108 Å². The Bertz CT molecular complexity index is 911. The molecule has 2 aromatic rings. The van der Waals surface area contributed by atoms with Crippen LogP contribution in [0.25, 0.3) is 0 Å². The molecule has 27 heavy (non-hydrogen) atoms. The molecule has 142 valence electrons. The van der Waals surface area contributed by atoms with Gasteiger partial charge >= 0.3 is 0 Å². The molecule has 9 heteroatoms. The summed E-state index contributed by atoms with van der Waals surface area (Å²) >= 11 is 0. The number of ether oxygens (including phenoxy) is 1. The first kappa shape index (κ1) is 18.6. The summed E-state index contributed by atoms with van der Waals surface area (Å²) in [6, 6.07) is 3.23. The van der Waals surface area contributed by atoms with Crippen molar-refractivity contribution in [2.45, 2.75) is 13.3 Å². The number of hydrogen-bond acceptors (Lipinski definition) is 6. The van der Waals surface area contributed by atoms with Gasteiger partial charge in [0.15, 0.2) is 0 Å². The van der Waals surface area contributed by atoms with E-state index < -0.39 is 5.56 Å². The average Bonchev–Trinajstić information content (AvgIpc) is 2.93. The molecule has 0 unspecified atom stereocenters. The molecule has 1 aliphatic rings. The highest BCUT2D eigenvalue weighted by Crippen LogP contribution is 2.14. The van der Waals surface area contributed by atoms with E-state index in [1.807, 2.05) is 0 Å². The van der Waals surface area contributed by atoms with E-state index in [0.717, 1.165) is 0 Å². The maximum absolute atomic E-state index is 12.7. The molecule has 0 atom stereocenters. The van der Waals surface area contributed by atoms with Crippen molar-refractivity contribution in [2.24, 2.45) is 0 Å². The lowest BCUT2D eigenvalue weighted by atomic mass is 10.2. The molecule has 0 bridgehead atoms. The minimum absolute atomic E-state index is 0.0132. The van der Waals surface area contributed by atoms with Crippen LogP contribution in [0, 0.1) is 6.92 Å². The first-order valence-electron chi connectivity index (χ1n) is 8.64. The van der Waals surface area contributed by atoms with Crippen LogP contribution in [0.1, 0.15) is 33.0 Å². The molecule has 3 heterocycles. The molecule has 2 aromatic heterocycles. The first-order chi connectivity index (χ1) is 13.0. The Morgan fingerprint density at radius 3 is 2.48 bits per heavy atom. The van der Waals surface area contributed by atoms with Crippen LogP contribution in [-0.4, -0.2) is 69.9 Å². The minimum Gasteiger partial charge on any atom is -0.481 e. The van der Waals surface area contributed by atoms with E-state index in [1.165, 1.54) is 19.5 Å². The second-order valence-electron chi connectivity index (χ2n) is 6.24. The summed E-state index contributed by atoms with van der Waals surface area (Å²) in [6.07, 6.45) is 3.45. The lowest BCUT2D eigenvalue weighted by Crippen LogP contribution is -2.39. The molecule has 0 radical (unpaired) electrons. The van der Waals surface area contributed by atoms with E-state index >= 15 is 0 Å². The molecule has 1 saturated heterocycles. The fourth-order valence-electron chi connectivity index (χ4n) is 2.97. The van der Waals surface area contributed by atoms with Crippen molar-refractivity contribution in [1.29, 1.82) is 0 Å². The van der Waals surface area contributed by atoms with Crippen molar-refractivity contribution >= 4 is 11.8 Å². The first-order valence-corrected chi connectivity index (χ1v) is 8.64. The van der Waals surface area contributed by atoms with E-state index in [9.17, 15) is 14.4 Å². The molecule has 0 saturated carbocycles. The van der Waals surface area contributed by atoms with Gasteiger partial charge in [0.2, 0.25) is 5.88 Å². The van der Waals surface area contributed by atoms with Gasteiger partial charge in [-0.2, -0.15) is 0 Å². The van der Waals surface area contributed by atoms with Gasteiger partial charge in [-0.15, -0.1) is 0 Å². The van der Waals surface area contributed by atoms with E-state index in [4.69, 9.17) is 4.74 Å². The lowest BCUT2D eigenvalue weighted by molar-refractivity contribution is 0.0717. The predicted octanol–water partition coefficient (Wildman–Crippen LogP) is 0.470. The molecule has 2 amide bonds. The van der Waals surface area contributed by atoms with Crippen LogP contribution < -0.4 is 10.3 Å². The van der Waals surface area contributed by atoms with Gasteiger partial charge in [0.1, 0.15) is 11.4 Å². The number of aromatic nitrogens is 3. The number of hydrogen-bond donors (Lipinski definition) is 1. The molecule has 0 aliphatic carbocycles. The van der Waals surface area contributed by atoms with Gasteiger partial charge in [0.25, 0.3) is 17.4 Å². The third-order valence-corrected chi connectivity index (χ3v) is 4.42. The number of carbonyl (C=O) groups excluding carboxylic acids is 2. The van der Waals surface area contributed by atoms with Gasteiger partial charge in [-0.1, -0.05) is 0 Å². The Kier molecular flexibility index (Phi) is 5.49. The van der Waals surface area contributed by atoms with E-state index in [0.29, 0.717) is 49.9 Å². The number of aromatic amines is 1. The van der Waals surface area contributed by atoms with Crippen molar-refractivity contribution in [3.05, 3.63) is 51.8 Å². The summed E-state index contributed by atoms with van der Waals surface area (Å²) in [6.45, 7) is 3.37. The number of rotatable bonds is 3. The number of methoxy groups -OCH3 is 1. The molecule has 3 rings (SSSR count). The lowest BCUT2D eigenvalue weighted by Gasteiger charge is -2.22. The van der Waals surface area contributed by atoms with Gasteiger partial charge in [-0.05, 0) is 19.4 Å². The zero-order valence-corrected chi connectivity index (χ0v) is 15.3. The Balaban J connectivity index is 1.70. The zero-order chi connectivity index (χ0) is 19.4. The number of nitrogens with zero attached hydrogens (tertiary/aromatic N) is 4. The van der Waals surface area contributed by atoms with E-state index in [2.05, 4.69) is 15.0 Å². The smallest absolute Gasteiger partial charge is 0.263 e. The molecule has 1 fully saturated rings. The predicted molar refractivity (Wildman–Crippen MR) is 96.8 cm³/mol. The van der Waals surface area contributed by atoms with Crippen LogP contribution >= 0.6 is 0 Å². The Morgan fingerprint density at radius 2 is 1.81 bits per heavy atom. The second kappa shape index (κ2) is 7.98. The standard InChI is InChI=1S/C18H21N5O4/c1-12-20-11-14(16(24)21-12)18(26)23-7-3-6-22(8-9-23)17(25)13-4-5-19-15(10-13)27-2/h4-5,10-11H,3,6-9H2,1-2H3,(H,20,21,24). The number of pyridine rings is 1. The molecule has 0 spiro atoms. The normalized spacial score (nSPS) is 14.6. The molecular weight excluding hydrogens is 350 g/mol. The molecule has 9 nitrogen and oxygen atoms in total. The maximum Gasteiger partial charge on any atom is 0.263 e.